The second-order valence-electron chi connectivity index (χ2n) is 4.51. The number of nitriles is 1. The maximum atomic E-state index is 8.96. The van der Waals surface area contributed by atoms with Crippen LogP contribution in [0.15, 0.2) is 24.5 Å². The Bertz CT molecular complexity index is 628. The van der Waals surface area contributed by atoms with Crippen LogP contribution in [0.2, 0.25) is 0 Å². The lowest BCUT2D eigenvalue weighted by Crippen LogP contribution is -2.10. The van der Waals surface area contributed by atoms with Crippen LogP contribution in [-0.2, 0) is 6.61 Å². The van der Waals surface area contributed by atoms with Crippen LogP contribution in [0.5, 0.6) is 11.5 Å². The highest BCUT2D eigenvalue weighted by molar-refractivity contribution is 5.43. The second-order valence-corrected chi connectivity index (χ2v) is 4.51. The number of methoxy groups -OCH3 is 1. The molecule has 1 aromatic carbocycles. The SMILES string of the molecule is COc1cc(C#N)cc(OCc2ncnn2C(C)C)c1. The standard InChI is InChI=1S/C14H16N4O2/c1-10(2)18-14(16-9-17-18)8-20-13-5-11(7-15)4-12(6-13)19-3/h4-6,9-10H,8H2,1-3H3. The predicted octanol–water partition coefficient (Wildman–Crippen LogP) is 2.32. The molecule has 1 heterocycles. The zero-order valence-corrected chi connectivity index (χ0v) is 11.7. The quantitative estimate of drug-likeness (QED) is 0.835. The van der Waals surface area contributed by atoms with E-state index in [-0.39, 0.29) is 12.6 Å². The Hall–Kier alpha value is -2.55. The Morgan fingerprint density at radius 3 is 2.70 bits per heavy atom. The van der Waals surface area contributed by atoms with Crippen LogP contribution in [-0.4, -0.2) is 21.9 Å². The first-order chi connectivity index (χ1) is 9.63. The lowest BCUT2D eigenvalue weighted by Gasteiger charge is -2.11. The van der Waals surface area contributed by atoms with Crippen LogP contribution in [0.3, 0.4) is 0 Å². The highest BCUT2D eigenvalue weighted by atomic mass is 16.5. The van der Waals surface area contributed by atoms with E-state index in [4.69, 9.17) is 14.7 Å². The lowest BCUT2D eigenvalue weighted by molar-refractivity contribution is 0.280. The number of nitrogens with zero attached hydrogens (tertiary/aromatic N) is 4. The molecule has 6 heteroatoms. The van der Waals surface area contributed by atoms with E-state index in [1.807, 2.05) is 13.8 Å². The summed E-state index contributed by atoms with van der Waals surface area (Å²) in [6, 6.07) is 7.34. The second kappa shape index (κ2) is 6.06. The summed E-state index contributed by atoms with van der Waals surface area (Å²) in [5.41, 5.74) is 0.490. The van der Waals surface area contributed by atoms with E-state index in [0.29, 0.717) is 17.1 Å². The first kappa shape index (κ1) is 13.9. The van der Waals surface area contributed by atoms with Gasteiger partial charge in [0.15, 0.2) is 5.82 Å². The zero-order valence-electron chi connectivity index (χ0n) is 11.7. The largest absolute Gasteiger partial charge is 0.497 e. The molecular weight excluding hydrogens is 256 g/mol. The van der Waals surface area contributed by atoms with E-state index in [2.05, 4.69) is 16.2 Å². The van der Waals surface area contributed by atoms with E-state index in [0.717, 1.165) is 5.82 Å². The fourth-order valence-corrected chi connectivity index (χ4v) is 1.79. The van der Waals surface area contributed by atoms with Gasteiger partial charge >= 0.3 is 0 Å². The molecule has 1 aromatic heterocycles. The monoisotopic (exact) mass is 272 g/mol. The van der Waals surface area contributed by atoms with Crippen molar-refractivity contribution in [3.05, 3.63) is 35.9 Å². The van der Waals surface area contributed by atoms with E-state index in [1.54, 1.807) is 30.0 Å². The van der Waals surface area contributed by atoms with Crippen LogP contribution < -0.4 is 9.47 Å². The number of aromatic nitrogens is 3. The summed E-state index contributed by atoms with van der Waals surface area (Å²) in [6.45, 7) is 4.34. The van der Waals surface area contributed by atoms with Crippen molar-refractivity contribution in [2.24, 2.45) is 0 Å². The van der Waals surface area contributed by atoms with Crippen molar-refractivity contribution >= 4 is 0 Å². The molecule has 104 valence electrons. The number of ether oxygens (including phenoxy) is 2. The average molecular weight is 272 g/mol. The van der Waals surface area contributed by atoms with Gasteiger partial charge in [-0.3, -0.25) is 0 Å². The van der Waals surface area contributed by atoms with Crippen molar-refractivity contribution in [3.8, 4) is 17.6 Å². The number of hydrogen-bond donors (Lipinski definition) is 0. The van der Waals surface area contributed by atoms with Crippen LogP contribution in [0, 0.1) is 11.3 Å². The smallest absolute Gasteiger partial charge is 0.165 e. The molecule has 2 aromatic rings. The summed E-state index contributed by atoms with van der Waals surface area (Å²) in [4.78, 5) is 4.17. The summed E-state index contributed by atoms with van der Waals surface area (Å²) < 4.78 is 12.6. The molecule has 0 fully saturated rings. The molecule has 20 heavy (non-hydrogen) atoms. The number of hydrogen-bond acceptors (Lipinski definition) is 5. The molecule has 0 saturated heterocycles. The Morgan fingerprint density at radius 1 is 1.30 bits per heavy atom. The first-order valence-corrected chi connectivity index (χ1v) is 6.24. The minimum atomic E-state index is 0.219. The normalized spacial score (nSPS) is 10.3. The highest BCUT2D eigenvalue weighted by Gasteiger charge is 2.09. The van der Waals surface area contributed by atoms with Gasteiger partial charge in [0.1, 0.15) is 24.4 Å². The molecule has 0 bridgehead atoms. The van der Waals surface area contributed by atoms with Gasteiger partial charge in [-0.1, -0.05) is 0 Å². The van der Waals surface area contributed by atoms with Crippen LogP contribution in [0.1, 0.15) is 31.3 Å². The molecule has 0 N–H and O–H groups in total. The molecule has 0 aliphatic heterocycles. The predicted molar refractivity (Wildman–Crippen MR) is 72.4 cm³/mol. The van der Waals surface area contributed by atoms with Crippen molar-refractivity contribution in [1.29, 1.82) is 5.26 Å². The third-order valence-electron chi connectivity index (χ3n) is 2.75. The molecule has 2 rings (SSSR count). The van der Waals surface area contributed by atoms with Gasteiger partial charge in [0.2, 0.25) is 0 Å². The maximum absolute atomic E-state index is 8.96. The molecule has 0 aliphatic carbocycles. The Labute approximate surface area is 117 Å². The van der Waals surface area contributed by atoms with E-state index in [9.17, 15) is 0 Å². The summed E-state index contributed by atoms with van der Waals surface area (Å²) in [6.07, 6.45) is 1.50. The van der Waals surface area contributed by atoms with Crippen molar-refractivity contribution in [1.82, 2.24) is 14.8 Å². The summed E-state index contributed by atoms with van der Waals surface area (Å²) in [5.74, 6) is 1.89. The molecule has 0 atom stereocenters. The molecule has 0 spiro atoms. The van der Waals surface area contributed by atoms with E-state index in [1.165, 1.54) is 6.33 Å². The minimum absolute atomic E-state index is 0.219. The summed E-state index contributed by atoms with van der Waals surface area (Å²) in [5, 5.41) is 13.1. The maximum Gasteiger partial charge on any atom is 0.165 e. The van der Waals surface area contributed by atoms with Gasteiger partial charge in [-0.2, -0.15) is 10.4 Å². The lowest BCUT2D eigenvalue weighted by atomic mass is 10.2. The first-order valence-electron chi connectivity index (χ1n) is 6.24. The van der Waals surface area contributed by atoms with Gasteiger partial charge in [0, 0.05) is 12.1 Å². The fourth-order valence-electron chi connectivity index (χ4n) is 1.79. The number of rotatable bonds is 5. The average Bonchev–Trinajstić information content (AvgIpc) is 2.93. The Morgan fingerprint density at radius 2 is 2.05 bits per heavy atom. The fraction of sp³-hybridized carbons (Fsp3) is 0.357. The van der Waals surface area contributed by atoms with Gasteiger partial charge in [-0.05, 0) is 26.0 Å². The van der Waals surface area contributed by atoms with Crippen LogP contribution >= 0.6 is 0 Å². The van der Waals surface area contributed by atoms with Gasteiger partial charge < -0.3 is 9.47 Å². The van der Waals surface area contributed by atoms with E-state index < -0.39 is 0 Å². The van der Waals surface area contributed by atoms with Crippen molar-refractivity contribution in [3.63, 3.8) is 0 Å². The van der Waals surface area contributed by atoms with Gasteiger partial charge in [-0.25, -0.2) is 9.67 Å². The molecule has 6 nitrogen and oxygen atoms in total. The Kier molecular flexibility index (Phi) is 4.20. The zero-order chi connectivity index (χ0) is 14.5. The van der Waals surface area contributed by atoms with Crippen LogP contribution in [0.25, 0.3) is 0 Å². The molecule has 0 aliphatic rings. The summed E-state index contributed by atoms with van der Waals surface area (Å²) >= 11 is 0. The molecule has 0 amide bonds. The Balaban J connectivity index is 2.14. The molecular formula is C14H16N4O2. The summed E-state index contributed by atoms with van der Waals surface area (Å²) in [7, 11) is 1.55. The molecule has 0 saturated carbocycles. The van der Waals surface area contributed by atoms with Crippen molar-refractivity contribution in [2.45, 2.75) is 26.5 Å². The topological polar surface area (TPSA) is 73.0 Å². The third-order valence-corrected chi connectivity index (χ3v) is 2.75. The molecule has 0 unspecified atom stereocenters. The van der Waals surface area contributed by atoms with Crippen molar-refractivity contribution < 1.29 is 9.47 Å². The van der Waals surface area contributed by atoms with Crippen LogP contribution in [0.4, 0.5) is 0 Å². The minimum Gasteiger partial charge on any atom is -0.497 e. The number of benzene rings is 1. The van der Waals surface area contributed by atoms with Gasteiger partial charge in [-0.15, -0.1) is 0 Å². The third kappa shape index (κ3) is 3.06. The van der Waals surface area contributed by atoms with Crippen molar-refractivity contribution in [2.75, 3.05) is 7.11 Å². The highest BCUT2D eigenvalue weighted by Crippen LogP contribution is 2.23. The van der Waals surface area contributed by atoms with Gasteiger partial charge in [0.25, 0.3) is 0 Å². The van der Waals surface area contributed by atoms with E-state index >= 15 is 0 Å². The van der Waals surface area contributed by atoms with Gasteiger partial charge in [0.05, 0.1) is 18.7 Å². The molecule has 0 radical (unpaired) electrons.